The van der Waals surface area contributed by atoms with Crippen molar-refractivity contribution >= 4 is 11.9 Å². The zero-order chi connectivity index (χ0) is 15.4. The normalized spacial score (nSPS) is 34.2. The van der Waals surface area contributed by atoms with E-state index in [0.717, 1.165) is 0 Å². The van der Waals surface area contributed by atoms with Gasteiger partial charge in [-0.2, -0.15) is 0 Å². The maximum absolute atomic E-state index is 12.0. The zero-order valence-electron chi connectivity index (χ0n) is 12.4. The number of carboxylic acids is 2. The summed E-state index contributed by atoms with van der Waals surface area (Å²) in [6, 6.07) is 0. The minimum absolute atomic E-state index is 0.332. The Hall–Kier alpha value is -1.36. The molecule has 5 nitrogen and oxygen atoms in total. The van der Waals surface area contributed by atoms with Crippen molar-refractivity contribution in [3.63, 3.8) is 0 Å². The Morgan fingerprint density at radius 2 is 2.00 bits per heavy atom. The molecular weight excluding hydrogens is 260 g/mol. The number of carboxylic acid groups (broad SMARTS) is 2. The summed E-state index contributed by atoms with van der Waals surface area (Å²) in [6.45, 7) is 3.59. The van der Waals surface area contributed by atoms with Gasteiger partial charge in [0.05, 0.1) is 11.5 Å². The second-order valence-corrected chi connectivity index (χ2v) is 5.43. The van der Waals surface area contributed by atoms with E-state index in [4.69, 9.17) is 4.74 Å². The standard InChI is InChI=1S/C15H24O5/c1-4-8-14(12(16)17)10-6-7-11(20-3)15(14,9-5-2)13(18)19/h5,9,11H,4,6-8,10H2,1-3H3,(H,16,17)(H,18,19). The molecule has 0 amide bonds. The predicted octanol–water partition coefficient (Wildman–Crippen LogP) is 2.70. The van der Waals surface area contributed by atoms with Gasteiger partial charge in [-0.1, -0.05) is 25.5 Å². The summed E-state index contributed by atoms with van der Waals surface area (Å²) in [5, 5.41) is 19.6. The lowest BCUT2D eigenvalue weighted by Gasteiger charge is -2.50. The smallest absolute Gasteiger partial charge is 0.317 e. The first-order valence-electron chi connectivity index (χ1n) is 7.06. The molecule has 2 N–H and O–H groups in total. The van der Waals surface area contributed by atoms with Gasteiger partial charge in [-0.3, -0.25) is 9.59 Å². The minimum Gasteiger partial charge on any atom is -0.481 e. The van der Waals surface area contributed by atoms with E-state index in [0.29, 0.717) is 32.1 Å². The van der Waals surface area contributed by atoms with Crippen LogP contribution in [0.4, 0.5) is 0 Å². The number of rotatable bonds is 6. The van der Waals surface area contributed by atoms with Gasteiger partial charge in [0, 0.05) is 7.11 Å². The largest absolute Gasteiger partial charge is 0.481 e. The third kappa shape index (κ3) is 2.24. The molecule has 0 radical (unpaired) electrons. The Morgan fingerprint density at radius 3 is 2.40 bits per heavy atom. The van der Waals surface area contributed by atoms with Crippen LogP contribution in [0.2, 0.25) is 0 Å². The minimum atomic E-state index is -1.50. The maximum atomic E-state index is 12.0. The molecule has 1 rings (SSSR count). The molecule has 0 saturated heterocycles. The van der Waals surface area contributed by atoms with Gasteiger partial charge in [-0.05, 0) is 32.6 Å². The third-order valence-electron chi connectivity index (χ3n) is 4.52. The molecule has 0 aromatic rings. The Kier molecular flexibility index (Phi) is 5.34. The summed E-state index contributed by atoms with van der Waals surface area (Å²) in [6.07, 6.45) is 5.07. The van der Waals surface area contributed by atoms with Gasteiger partial charge < -0.3 is 14.9 Å². The number of hydrogen-bond donors (Lipinski definition) is 2. The molecule has 0 heterocycles. The van der Waals surface area contributed by atoms with Crippen LogP contribution in [0.15, 0.2) is 12.2 Å². The van der Waals surface area contributed by atoms with Gasteiger partial charge in [0.25, 0.3) is 0 Å². The highest BCUT2D eigenvalue weighted by molar-refractivity contribution is 5.89. The summed E-state index contributed by atoms with van der Waals surface area (Å²) in [4.78, 5) is 24.0. The Balaban J connectivity index is 3.57. The van der Waals surface area contributed by atoms with Crippen molar-refractivity contribution < 1.29 is 24.5 Å². The lowest BCUT2D eigenvalue weighted by molar-refractivity contribution is -0.190. The molecule has 0 bridgehead atoms. The molecule has 0 aromatic carbocycles. The van der Waals surface area contributed by atoms with Crippen LogP contribution in [0.25, 0.3) is 0 Å². The molecule has 1 aliphatic carbocycles. The monoisotopic (exact) mass is 284 g/mol. The van der Waals surface area contributed by atoms with Crippen LogP contribution in [0.3, 0.4) is 0 Å². The molecule has 3 atom stereocenters. The van der Waals surface area contributed by atoms with Gasteiger partial charge in [-0.25, -0.2) is 0 Å². The molecule has 5 heteroatoms. The van der Waals surface area contributed by atoms with E-state index in [-0.39, 0.29) is 0 Å². The highest BCUT2D eigenvalue weighted by Crippen LogP contribution is 2.55. The van der Waals surface area contributed by atoms with Crippen LogP contribution < -0.4 is 0 Å². The van der Waals surface area contributed by atoms with Crippen molar-refractivity contribution in [1.29, 1.82) is 0 Å². The lowest BCUT2D eigenvalue weighted by atomic mass is 9.52. The number of ether oxygens (including phenoxy) is 1. The number of hydrogen-bond acceptors (Lipinski definition) is 3. The van der Waals surface area contributed by atoms with Gasteiger partial charge in [0.2, 0.25) is 0 Å². The number of carbonyl (C=O) groups is 2. The van der Waals surface area contributed by atoms with E-state index < -0.39 is 28.9 Å². The maximum Gasteiger partial charge on any atom is 0.317 e. The average Bonchev–Trinajstić information content (AvgIpc) is 2.40. The van der Waals surface area contributed by atoms with E-state index in [2.05, 4.69) is 0 Å². The highest BCUT2D eigenvalue weighted by Gasteiger charge is 2.65. The molecule has 0 aromatic heterocycles. The summed E-state index contributed by atoms with van der Waals surface area (Å²) < 4.78 is 5.38. The molecule has 0 aliphatic heterocycles. The van der Waals surface area contributed by atoms with Crippen molar-refractivity contribution in [2.75, 3.05) is 7.11 Å². The number of aliphatic carboxylic acids is 2. The van der Waals surface area contributed by atoms with Crippen LogP contribution in [0, 0.1) is 10.8 Å². The van der Waals surface area contributed by atoms with Gasteiger partial charge >= 0.3 is 11.9 Å². The fourth-order valence-corrected chi connectivity index (χ4v) is 3.73. The van der Waals surface area contributed by atoms with E-state index in [9.17, 15) is 19.8 Å². The molecular formula is C15H24O5. The van der Waals surface area contributed by atoms with Crippen molar-refractivity contribution in [3.8, 4) is 0 Å². The fourth-order valence-electron chi connectivity index (χ4n) is 3.73. The van der Waals surface area contributed by atoms with Crippen LogP contribution >= 0.6 is 0 Å². The lowest BCUT2D eigenvalue weighted by Crippen LogP contribution is -2.60. The second kappa shape index (κ2) is 6.39. The van der Waals surface area contributed by atoms with Crippen LogP contribution in [-0.2, 0) is 14.3 Å². The molecule has 3 unspecified atom stereocenters. The van der Waals surface area contributed by atoms with Crippen LogP contribution in [0.1, 0.15) is 46.0 Å². The van der Waals surface area contributed by atoms with E-state index in [1.165, 1.54) is 13.2 Å². The Labute approximate surface area is 119 Å². The quantitative estimate of drug-likeness (QED) is 0.733. The van der Waals surface area contributed by atoms with E-state index >= 15 is 0 Å². The summed E-state index contributed by atoms with van der Waals surface area (Å²) in [7, 11) is 1.45. The summed E-state index contributed by atoms with van der Waals surface area (Å²) in [5.74, 6) is -2.15. The van der Waals surface area contributed by atoms with Gasteiger partial charge in [0.15, 0.2) is 0 Å². The van der Waals surface area contributed by atoms with Crippen molar-refractivity contribution in [3.05, 3.63) is 12.2 Å². The molecule has 0 spiro atoms. The van der Waals surface area contributed by atoms with Crippen LogP contribution in [0.5, 0.6) is 0 Å². The molecule has 20 heavy (non-hydrogen) atoms. The number of methoxy groups -OCH3 is 1. The number of allylic oxidation sites excluding steroid dienone is 1. The van der Waals surface area contributed by atoms with Crippen LogP contribution in [-0.4, -0.2) is 35.4 Å². The van der Waals surface area contributed by atoms with Crippen molar-refractivity contribution in [2.45, 2.75) is 52.1 Å². The zero-order valence-corrected chi connectivity index (χ0v) is 12.4. The van der Waals surface area contributed by atoms with Crippen molar-refractivity contribution in [2.24, 2.45) is 10.8 Å². The average molecular weight is 284 g/mol. The van der Waals surface area contributed by atoms with E-state index in [1.807, 2.05) is 6.92 Å². The molecule has 114 valence electrons. The topological polar surface area (TPSA) is 83.8 Å². The first-order valence-corrected chi connectivity index (χ1v) is 7.06. The predicted molar refractivity (Wildman–Crippen MR) is 74.5 cm³/mol. The van der Waals surface area contributed by atoms with Gasteiger partial charge in [0.1, 0.15) is 5.41 Å². The van der Waals surface area contributed by atoms with Crippen molar-refractivity contribution in [1.82, 2.24) is 0 Å². The van der Waals surface area contributed by atoms with E-state index in [1.54, 1.807) is 13.0 Å². The second-order valence-electron chi connectivity index (χ2n) is 5.43. The molecule has 1 aliphatic rings. The highest BCUT2D eigenvalue weighted by atomic mass is 16.5. The first kappa shape index (κ1) is 16.7. The summed E-state index contributed by atoms with van der Waals surface area (Å²) in [5.41, 5.74) is -2.81. The molecule has 1 saturated carbocycles. The molecule has 1 fully saturated rings. The third-order valence-corrected chi connectivity index (χ3v) is 4.52. The Morgan fingerprint density at radius 1 is 1.35 bits per heavy atom. The first-order chi connectivity index (χ1) is 9.42. The van der Waals surface area contributed by atoms with Gasteiger partial charge in [-0.15, -0.1) is 0 Å². The Bertz CT molecular complexity index is 399. The fraction of sp³-hybridized carbons (Fsp3) is 0.733. The SMILES string of the molecule is CC=CC1(C(=O)O)C(OC)CCCC1(CCC)C(=O)O. The summed E-state index contributed by atoms with van der Waals surface area (Å²) >= 11 is 0.